The SMILES string of the molecule is CCNC1CC(c2ccc(Br)cc2)C1(CC)CC. The molecule has 18 heavy (non-hydrogen) atoms. The Labute approximate surface area is 119 Å². The first-order valence-electron chi connectivity index (χ1n) is 7.16. The molecule has 100 valence electrons. The van der Waals surface area contributed by atoms with Crippen LogP contribution in [0.4, 0.5) is 0 Å². The molecular weight excluding hydrogens is 286 g/mol. The lowest BCUT2D eigenvalue weighted by Crippen LogP contribution is -2.58. The molecule has 0 aromatic heterocycles. The van der Waals surface area contributed by atoms with E-state index in [0.29, 0.717) is 11.5 Å². The van der Waals surface area contributed by atoms with Gasteiger partial charge in [-0.3, -0.25) is 0 Å². The molecule has 0 saturated heterocycles. The van der Waals surface area contributed by atoms with Crippen molar-refractivity contribution < 1.29 is 0 Å². The van der Waals surface area contributed by atoms with Crippen molar-refractivity contribution in [2.45, 2.75) is 52.0 Å². The Bertz CT molecular complexity index is 381. The molecule has 2 rings (SSSR count). The molecule has 0 radical (unpaired) electrons. The summed E-state index contributed by atoms with van der Waals surface area (Å²) in [4.78, 5) is 0. The van der Waals surface area contributed by atoms with Gasteiger partial charge in [-0.25, -0.2) is 0 Å². The first-order valence-corrected chi connectivity index (χ1v) is 7.96. The summed E-state index contributed by atoms with van der Waals surface area (Å²) in [5.74, 6) is 0.727. The molecule has 1 aromatic carbocycles. The van der Waals surface area contributed by atoms with Crippen molar-refractivity contribution in [1.82, 2.24) is 5.32 Å². The fraction of sp³-hybridized carbons (Fsp3) is 0.625. The van der Waals surface area contributed by atoms with E-state index >= 15 is 0 Å². The second kappa shape index (κ2) is 5.75. The molecular formula is C16H24BrN. The Kier molecular flexibility index (Phi) is 4.50. The normalized spacial score (nSPS) is 25.8. The van der Waals surface area contributed by atoms with Crippen molar-refractivity contribution in [1.29, 1.82) is 0 Å². The number of nitrogens with one attached hydrogen (secondary N) is 1. The van der Waals surface area contributed by atoms with E-state index in [2.05, 4.69) is 66.3 Å². The van der Waals surface area contributed by atoms with Crippen LogP contribution in [-0.4, -0.2) is 12.6 Å². The molecule has 0 heterocycles. The van der Waals surface area contributed by atoms with Gasteiger partial charge in [0.25, 0.3) is 0 Å². The largest absolute Gasteiger partial charge is 0.314 e. The third-order valence-electron chi connectivity index (χ3n) is 4.90. The summed E-state index contributed by atoms with van der Waals surface area (Å²) in [6, 6.07) is 9.62. The molecule has 2 atom stereocenters. The van der Waals surface area contributed by atoms with Crippen LogP contribution in [0.1, 0.15) is 51.5 Å². The highest BCUT2D eigenvalue weighted by atomic mass is 79.9. The molecule has 2 unspecified atom stereocenters. The van der Waals surface area contributed by atoms with Crippen LogP contribution in [0.15, 0.2) is 28.7 Å². The quantitative estimate of drug-likeness (QED) is 0.829. The minimum Gasteiger partial charge on any atom is -0.314 e. The fourth-order valence-corrected chi connectivity index (χ4v) is 3.98. The lowest BCUT2D eigenvalue weighted by atomic mass is 9.52. The summed E-state index contributed by atoms with van der Waals surface area (Å²) in [5, 5.41) is 3.68. The lowest BCUT2D eigenvalue weighted by molar-refractivity contribution is 0.0210. The Hall–Kier alpha value is -0.340. The van der Waals surface area contributed by atoms with Crippen molar-refractivity contribution in [2.75, 3.05) is 6.54 Å². The van der Waals surface area contributed by atoms with E-state index < -0.39 is 0 Å². The monoisotopic (exact) mass is 309 g/mol. The van der Waals surface area contributed by atoms with Crippen LogP contribution in [0.2, 0.25) is 0 Å². The van der Waals surface area contributed by atoms with Crippen molar-refractivity contribution in [3.05, 3.63) is 34.3 Å². The van der Waals surface area contributed by atoms with Crippen LogP contribution in [0.3, 0.4) is 0 Å². The maximum absolute atomic E-state index is 3.68. The average molecular weight is 310 g/mol. The lowest BCUT2D eigenvalue weighted by Gasteiger charge is -2.56. The minimum atomic E-state index is 0.462. The Morgan fingerprint density at radius 1 is 1.17 bits per heavy atom. The standard InChI is InChI=1S/C16H24BrN/c1-4-16(5-2)14(11-15(16)18-6-3)12-7-9-13(17)10-8-12/h7-10,14-15,18H,4-6,11H2,1-3H3. The summed E-state index contributed by atoms with van der Waals surface area (Å²) in [5.41, 5.74) is 1.97. The fourth-order valence-electron chi connectivity index (χ4n) is 3.72. The predicted octanol–water partition coefficient (Wildman–Crippen LogP) is 4.72. The summed E-state index contributed by atoms with van der Waals surface area (Å²) in [6.45, 7) is 7.99. The van der Waals surface area contributed by atoms with Crippen molar-refractivity contribution in [3.63, 3.8) is 0 Å². The minimum absolute atomic E-state index is 0.462. The molecule has 1 aromatic rings. The zero-order chi connectivity index (χ0) is 13.2. The Balaban J connectivity index is 2.21. The molecule has 0 amide bonds. The van der Waals surface area contributed by atoms with Gasteiger partial charge in [0, 0.05) is 10.5 Å². The van der Waals surface area contributed by atoms with Gasteiger partial charge in [-0.15, -0.1) is 0 Å². The van der Waals surface area contributed by atoms with Gasteiger partial charge in [0.2, 0.25) is 0 Å². The van der Waals surface area contributed by atoms with Gasteiger partial charge < -0.3 is 5.32 Å². The van der Waals surface area contributed by atoms with Crippen LogP contribution < -0.4 is 5.32 Å². The molecule has 0 bridgehead atoms. The van der Waals surface area contributed by atoms with E-state index in [1.807, 2.05) is 0 Å². The summed E-state index contributed by atoms with van der Waals surface area (Å²) >= 11 is 3.52. The maximum atomic E-state index is 3.68. The Morgan fingerprint density at radius 2 is 1.78 bits per heavy atom. The number of benzene rings is 1. The Morgan fingerprint density at radius 3 is 2.28 bits per heavy atom. The summed E-state index contributed by atoms with van der Waals surface area (Å²) in [6.07, 6.45) is 3.82. The van der Waals surface area contributed by atoms with E-state index in [1.54, 1.807) is 0 Å². The molecule has 2 heteroatoms. The molecule has 1 nitrogen and oxygen atoms in total. The van der Waals surface area contributed by atoms with Crippen LogP contribution >= 0.6 is 15.9 Å². The first kappa shape index (κ1) is 14.1. The topological polar surface area (TPSA) is 12.0 Å². The van der Waals surface area contributed by atoms with E-state index in [1.165, 1.54) is 29.3 Å². The number of halogens is 1. The van der Waals surface area contributed by atoms with E-state index in [9.17, 15) is 0 Å². The molecule has 1 fully saturated rings. The zero-order valence-electron chi connectivity index (χ0n) is 11.7. The number of rotatable bonds is 5. The smallest absolute Gasteiger partial charge is 0.0175 e. The van der Waals surface area contributed by atoms with Gasteiger partial charge in [0.05, 0.1) is 0 Å². The third-order valence-corrected chi connectivity index (χ3v) is 5.43. The second-order valence-electron chi connectivity index (χ2n) is 5.39. The highest BCUT2D eigenvalue weighted by molar-refractivity contribution is 9.10. The predicted molar refractivity (Wildman–Crippen MR) is 82.0 cm³/mol. The maximum Gasteiger partial charge on any atom is 0.0175 e. The van der Waals surface area contributed by atoms with Gasteiger partial charge in [-0.05, 0) is 54.8 Å². The highest BCUT2D eigenvalue weighted by Crippen LogP contribution is 2.57. The number of hydrogen-bond donors (Lipinski definition) is 1. The van der Waals surface area contributed by atoms with E-state index in [4.69, 9.17) is 0 Å². The van der Waals surface area contributed by atoms with Crippen LogP contribution in [0.5, 0.6) is 0 Å². The molecule has 1 aliphatic carbocycles. The average Bonchev–Trinajstić information content (AvgIpc) is 2.37. The van der Waals surface area contributed by atoms with Gasteiger partial charge >= 0.3 is 0 Å². The molecule has 0 aliphatic heterocycles. The second-order valence-corrected chi connectivity index (χ2v) is 6.31. The van der Waals surface area contributed by atoms with Crippen molar-refractivity contribution in [3.8, 4) is 0 Å². The van der Waals surface area contributed by atoms with Crippen LogP contribution in [0.25, 0.3) is 0 Å². The summed E-state index contributed by atoms with van der Waals surface area (Å²) in [7, 11) is 0. The zero-order valence-corrected chi connectivity index (χ0v) is 13.3. The van der Waals surface area contributed by atoms with Crippen LogP contribution in [0, 0.1) is 5.41 Å². The molecule has 0 spiro atoms. The molecule has 1 aliphatic rings. The highest BCUT2D eigenvalue weighted by Gasteiger charge is 2.52. The van der Waals surface area contributed by atoms with Gasteiger partial charge in [-0.2, -0.15) is 0 Å². The van der Waals surface area contributed by atoms with Gasteiger partial charge in [0.15, 0.2) is 0 Å². The van der Waals surface area contributed by atoms with Crippen molar-refractivity contribution >= 4 is 15.9 Å². The van der Waals surface area contributed by atoms with E-state index in [-0.39, 0.29) is 0 Å². The molecule has 1 N–H and O–H groups in total. The van der Waals surface area contributed by atoms with Crippen LogP contribution in [-0.2, 0) is 0 Å². The van der Waals surface area contributed by atoms with Gasteiger partial charge in [-0.1, -0.05) is 48.8 Å². The molecule has 1 saturated carbocycles. The van der Waals surface area contributed by atoms with Gasteiger partial charge in [0.1, 0.15) is 0 Å². The first-order chi connectivity index (χ1) is 8.67. The van der Waals surface area contributed by atoms with Crippen molar-refractivity contribution in [2.24, 2.45) is 5.41 Å². The summed E-state index contributed by atoms with van der Waals surface area (Å²) < 4.78 is 1.17. The number of hydrogen-bond acceptors (Lipinski definition) is 1. The van der Waals surface area contributed by atoms with E-state index in [0.717, 1.165) is 12.5 Å². The third kappa shape index (κ3) is 2.25.